The molecule has 0 spiro atoms. The SMILES string of the molecule is Cc1nc(Br)ccc1NS(C)(=O)=O. The zero-order valence-corrected chi connectivity index (χ0v) is 9.61. The van der Waals surface area contributed by atoms with E-state index in [4.69, 9.17) is 0 Å². The summed E-state index contributed by atoms with van der Waals surface area (Å²) in [6.45, 7) is 1.73. The summed E-state index contributed by atoms with van der Waals surface area (Å²) in [7, 11) is -3.22. The molecule has 72 valence electrons. The van der Waals surface area contributed by atoms with Crippen LogP contribution >= 0.6 is 15.9 Å². The second-order valence-electron chi connectivity index (χ2n) is 2.64. The minimum absolute atomic E-state index is 0.505. The number of pyridine rings is 1. The Labute approximate surface area is 85.6 Å². The van der Waals surface area contributed by atoms with Crippen LogP contribution in [0.1, 0.15) is 5.69 Å². The number of hydrogen-bond donors (Lipinski definition) is 1. The highest BCUT2D eigenvalue weighted by molar-refractivity contribution is 9.10. The Morgan fingerprint density at radius 2 is 2.08 bits per heavy atom. The van der Waals surface area contributed by atoms with Crippen LogP contribution in [-0.4, -0.2) is 19.7 Å². The molecule has 0 unspecified atom stereocenters. The average Bonchev–Trinajstić information content (AvgIpc) is 1.93. The van der Waals surface area contributed by atoms with E-state index in [9.17, 15) is 8.42 Å². The van der Waals surface area contributed by atoms with Crippen molar-refractivity contribution in [2.45, 2.75) is 6.92 Å². The molecule has 0 aromatic carbocycles. The molecule has 0 bridgehead atoms. The third kappa shape index (κ3) is 3.31. The van der Waals surface area contributed by atoms with Crippen molar-refractivity contribution in [1.82, 2.24) is 4.98 Å². The molecule has 1 heterocycles. The fourth-order valence-corrected chi connectivity index (χ4v) is 1.85. The molecule has 0 aliphatic carbocycles. The first-order valence-corrected chi connectivity index (χ1v) is 6.18. The van der Waals surface area contributed by atoms with Gasteiger partial charge < -0.3 is 0 Å². The van der Waals surface area contributed by atoms with Crippen molar-refractivity contribution in [1.29, 1.82) is 0 Å². The first kappa shape index (κ1) is 10.5. The molecule has 0 amide bonds. The van der Waals surface area contributed by atoms with Crippen LogP contribution in [0, 0.1) is 6.92 Å². The van der Waals surface area contributed by atoms with Crippen molar-refractivity contribution in [3.05, 3.63) is 22.4 Å². The van der Waals surface area contributed by atoms with Crippen LogP contribution in [0.4, 0.5) is 5.69 Å². The topological polar surface area (TPSA) is 59.1 Å². The number of hydrogen-bond acceptors (Lipinski definition) is 3. The van der Waals surface area contributed by atoms with Gasteiger partial charge in [0.25, 0.3) is 0 Å². The maximum absolute atomic E-state index is 10.9. The maximum atomic E-state index is 10.9. The van der Waals surface area contributed by atoms with Crippen LogP contribution in [0.3, 0.4) is 0 Å². The van der Waals surface area contributed by atoms with Gasteiger partial charge in [-0.1, -0.05) is 0 Å². The van der Waals surface area contributed by atoms with Crippen LogP contribution in [0.15, 0.2) is 16.7 Å². The molecular formula is C7H9BrN2O2S. The van der Waals surface area contributed by atoms with Gasteiger partial charge in [-0.15, -0.1) is 0 Å². The Hall–Kier alpha value is -0.620. The molecular weight excluding hydrogens is 256 g/mol. The van der Waals surface area contributed by atoms with E-state index in [2.05, 4.69) is 25.6 Å². The Morgan fingerprint density at radius 1 is 1.46 bits per heavy atom. The lowest BCUT2D eigenvalue weighted by Crippen LogP contribution is -2.11. The lowest BCUT2D eigenvalue weighted by atomic mass is 10.3. The third-order valence-electron chi connectivity index (χ3n) is 1.35. The Bertz CT molecular complexity index is 417. The lowest BCUT2D eigenvalue weighted by Gasteiger charge is -2.06. The molecule has 1 aromatic heterocycles. The van der Waals surface area contributed by atoms with Crippen LogP contribution in [0.2, 0.25) is 0 Å². The van der Waals surface area contributed by atoms with Gasteiger partial charge in [-0.2, -0.15) is 0 Å². The summed E-state index contributed by atoms with van der Waals surface area (Å²) in [5.74, 6) is 0. The van der Waals surface area contributed by atoms with Gasteiger partial charge in [-0.25, -0.2) is 13.4 Å². The van der Waals surface area contributed by atoms with Crippen molar-refractivity contribution in [2.75, 3.05) is 11.0 Å². The number of aromatic nitrogens is 1. The average molecular weight is 265 g/mol. The van der Waals surface area contributed by atoms with E-state index in [1.54, 1.807) is 19.1 Å². The van der Waals surface area contributed by atoms with Crippen LogP contribution in [-0.2, 0) is 10.0 Å². The smallest absolute Gasteiger partial charge is 0.229 e. The summed E-state index contributed by atoms with van der Waals surface area (Å²) < 4.78 is 24.8. The summed E-state index contributed by atoms with van der Waals surface area (Å²) in [6.07, 6.45) is 1.11. The molecule has 0 atom stereocenters. The van der Waals surface area contributed by atoms with Gasteiger partial charge >= 0.3 is 0 Å². The molecule has 0 fully saturated rings. The molecule has 0 saturated heterocycles. The maximum Gasteiger partial charge on any atom is 0.229 e. The summed E-state index contributed by atoms with van der Waals surface area (Å²) in [5.41, 5.74) is 1.14. The highest BCUT2D eigenvalue weighted by Crippen LogP contribution is 2.16. The monoisotopic (exact) mass is 264 g/mol. The Kier molecular flexibility index (Phi) is 2.92. The third-order valence-corrected chi connectivity index (χ3v) is 2.38. The van der Waals surface area contributed by atoms with E-state index in [1.165, 1.54) is 0 Å². The second-order valence-corrected chi connectivity index (χ2v) is 5.20. The molecule has 6 heteroatoms. The zero-order valence-electron chi connectivity index (χ0n) is 7.20. The summed E-state index contributed by atoms with van der Waals surface area (Å²) in [4.78, 5) is 4.05. The highest BCUT2D eigenvalue weighted by atomic mass is 79.9. The van der Waals surface area contributed by atoms with E-state index in [-0.39, 0.29) is 0 Å². The molecule has 4 nitrogen and oxygen atoms in total. The quantitative estimate of drug-likeness (QED) is 0.825. The number of aryl methyl sites for hydroxylation is 1. The molecule has 1 N–H and O–H groups in total. The van der Waals surface area contributed by atoms with Crippen LogP contribution < -0.4 is 4.72 Å². The molecule has 13 heavy (non-hydrogen) atoms. The number of sulfonamides is 1. The molecule has 1 rings (SSSR count). The zero-order chi connectivity index (χ0) is 10.1. The number of nitrogens with zero attached hydrogens (tertiary/aromatic N) is 1. The minimum atomic E-state index is -3.22. The minimum Gasteiger partial charge on any atom is -0.282 e. The fraction of sp³-hybridized carbons (Fsp3) is 0.286. The molecule has 0 saturated carbocycles. The predicted octanol–water partition coefficient (Wildman–Crippen LogP) is 1.52. The largest absolute Gasteiger partial charge is 0.282 e. The fourth-order valence-electron chi connectivity index (χ4n) is 0.838. The normalized spacial score (nSPS) is 11.3. The van der Waals surface area contributed by atoms with Gasteiger partial charge in [0.1, 0.15) is 4.60 Å². The summed E-state index contributed by atoms with van der Waals surface area (Å²) >= 11 is 3.19. The van der Waals surface area contributed by atoms with Gasteiger partial charge in [-0.3, -0.25) is 4.72 Å². The van der Waals surface area contributed by atoms with Crippen molar-refractivity contribution < 1.29 is 8.42 Å². The molecule has 0 aliphatic rings. The van der Waals surface area contributed by atoms with E-state index < -0.39 is 10.0 Å². The van der Waals surface area contributed by atoms with E-state index in [0.29, 0.717) is 16.0 Å². The van der Waals surface area contributed by atoms with Crippen molar-refractivity contribution in [3.8, 4) is 0 Å². The van der Waals surface area contributed by atoms with Gasteiger partial charge in [0.2, 0.25) is 10.0 Å². The standard InChI is InChI=1S/C7H9BrN2O2S/c1-5-6(10-13(2,11)12)3-4-7(8)9-5/h3-4,10H,1-2H3. The first-order chi connectivity index (χ1) is 5.88. The number of nitrogens with one attached hydrogen (secondary N) is 1. The molecule has 0 aliphatic heterocycles. The highest BCUT2D eigenvalue weighted by Gasteiger charge is 2.05. The van der Waals surface area contributed by atoms with Gasteiger partial charge in [0.05, 0.1) is 17.6 Å². The predicted molar refractivity (Wildman–Crippen MR) is 55.1 cm³/mol. The van der Waals surface area contributed by atoms with E-state index in [1.807, 2.05) is 0 Å². The number of halogens is 1. The van der Waals surface area contributed by atoms with E-state index in [0.717, 1.165) is 6.26 Å². The number of anilines is 1. The number of rotatable bonds is 2. The van der Waals surface area contributed by atoms with Crippen LogP contribution in [0.5, 0.6) is 0 Å². The van der Waals surface area contributed by atoms with Crippen molar-refractivity contribution >= 4 is 31.6 Å². The second kappa shape index (κ2) is 3.63. The van der Waals surface area contributed by atoms with Gasteiger partial charge in [-0.05, 0) is 35.0 Å². The Morgan fingerprint density at radius 3 is 2.54 bits per heavy atom. The Balaban J connectivity index is 3.04. The first-order valence-electron chi connectivity index (χ1n) is 3.49. The summed E-state index contributed by atoms with van der Waals surface area (Å²) in [6, 6.07) is 3.34. The summed E-state index contributed by atoms with van der Waals surface area (Å²) in [5, 5.41) is 0. The van der Waals surface area contributed by atoms with Gasteiger partial charge in [0, 0.05) is 0 Å². The lowest BCUT2D eigenvalue weighted by molar-refractivity contribution is 0.606. The van der Waals surface area contributed by atoms with Crippen molar-refractivity contribution in [2.24, 2.45) is 0 Å². The van der Waals surface area contributed by atoms with Gasteiger partial charge in [0.15, 0.2) is 0 Å². The van der Waals surface area contributed by atoms with E-state index >= 15 is 0 Å². The molecule has 0 radical (unpaired) electrons. The van der Waals surface area contributed by atoms with Crippen molar-refractivity contribution in [3.63, 3.8) is 0 Å². The van der Waals surface area contributed by atoms with Crippen LogP contribution in [0.25, 0.3) is 0 Å². The molecule has 1 aromatic rings.